The molecule has 0 radical (unpaired) electrons. The number of nitrogens with one attached hydrogen (secondary N) is 2. The Balaban J connectivity index is 1.68. The molecule has 2 aromatic carbocycles. The Bertz CT molecular complexity index is 909. The summed E-state index contributed by atoms with van der Waals surface area (Å²) in [5.41, 5.74) is 3.39. The minimum absolute atomic E-state index is 0.126. The van der Waals surface area contributed by atoms with Crippen LogP contribution in [-0.2, 0) is 4.79 Å². The molecule has 0 atom stereocenters. The van der Waals surface area contributed by atoms with Crippen molar-refractivity contribution < 1.29 is 14.3 Å². The van der Waals surface area contributed by atoms with Gasteiger partial charge in [-0.2, -0.15) is 5.10 Å². The van der Waals surface area contributed by atoms with Gasteiger partial charge in [-0.3, -0.25) is 9.89 Å². The molecule has 3 aromatic rings. The molecule has 0 fully saturated rings. The zero-order valence-corrected chi connectivity index (χ0v) is 15.5. The van der Waals surface area contributed by atoms with Crippen molar-refractivity contribution in [1.29, 1.82) is 0 Å². The summed E-state index contributed by atoms with van der Waals surface area (Å²) in [5.74, 6) is 1.29. The van der Waals surface area contributed by atoms with Gasteiger partial charge in [-0.05, 0) is 24.3 Å². The van der Waals surface area contributed by atoms with Crippen LogP contribution in [0.1, 0.15) is 0 Å². The molecule has 7 heteroatoms. The maximum Gasteiger partial charge on any atom is 0.243 e. The second-order valence-corrected chi connectivity index (χ2v) is 6.01. The number of aromatic amines is 1. The first kappa shape index (κ1) is 18.3. The average molecular weight is 366 g/mol. The minimum atomic E-state index is -0.126. The number of nitrogens with zero attached hydrogens (tertiary/aromatic N) is 2. The van der Waals surface area contributed by atoms with Crippen molar-refractivity contribution in [2.24, 2.45) is 0 Å². The van der Waals surface area contributed by atoms with Crippen molar-refractivity contribution >= 4 is 17.3 Å². The van der Waals surface area contributed by atoms with Gasteiger partial charge in [-0.25, -0.2) is 0 Å². The molecular weight excluding hydrogens is 344 g/mol. The first-order valence-corrected chi connectivity index (χ1v) is 8.43. The van der Waals surface area contributed by atoms with Gasteiger partial charge >= 0.3 is 0 Å². The van der Waals surface area contributed by atoms with E-state index in [1.165, 1.54) is 0 Å². The minimum Gasteiger partial charge on any atom is -0.497 e. The standard InChI is InChI=1S/C20H22N4O3/c1-24(16-5-4-6-17(10-16)26-2)13-20(25)23-15-7-8-18(19(9-15)27-3)14-11-21-22-12-14/h4-12H,13H2,1-3H3,(H,21,22)(H,23,25). The second-order valence-electron chi connectivity index (χ2n) is 6.01. The maximum atomic E-state index is 12.4. The molecule has 27 heavy (non-hydrogen) atoms. The summed E-state index contributed by atoms with van der Waals surface area (Å²) < 4.78 is 10.7. The molecule has 1 heterocycles. The van der Waals surface area contributed by atoms with Crippen molar-refractivity contribution in [1.82, 2.24) is 10.2 Å². The fourth-order valence-corrected chi connectivity index (χ4v) is 2.76. The van der Waals surface area contributed by atoms with Crippen LogP contribution in [-0.4, -0.2) is 43.9 Å². The number of anilines is 2. The predicted octanol–water partition coefficient (Wildman–Crippen LogP) is 3.17. The Morgan fingerprint density at radius 2 is 2.04 bits per heavy atom. The lowest BCUT2D eigenvalue weighted by molar-refractivity contribution is -0.114. The van der Waals surface area contributed by atoms with E-state index in [1.54, 1.807) is 32.7 Å². The highest BCUT2D eigenvalue weighted by molar-refractivity contribution is 5.94. The van der Waals surface area contributed by atoms with Gasteiger partial charge in [0.15, 0.2) is 0 Å². The van der Waals surface area contributed by atoms with Crippen molar-refractivity contribution in [2.45, 2.75) is 0 Å². The number of carbonyl (C=O) groups is 1. The van der Waals surface area contributed by atoms with E-state index >= 15 is 0 Å². The Morgan fingerprint density at radius 1 is 1.19 bits per heavy atom. The number of hydrogen-bond acceptors (Lipinski definition) is 5. The molecule has 1 aromatic heterocycles. The van der Waals surface area contributed by atoms with E-state index in [9.17, 15) is 4.79 Å². The Hall–Kier alpha value is -3.48. The third-order valence-electron chi connectivity index (χ3n) is 4.17. The van der Waals surface area contributed by atoms with Crippen molar-refractivity contribution in [3.05, 3.63) is 54.9 Å². The van der Waals surface area contributed by atoms with E-state index in [0.717, 1.165) is 22.6 Å². The van der Waals surface area contributed by atoms with E-state index in [4.69, 9.17) is 9.47 Å². The summed E-state index contributed by atoms with van der Waals surface area (Å²) in [6.45, 7) is 0.207. The fraction of sp³-hybridized carbons (Fsp3) is 0.200. The number of methoxy groups -OCH3 is 2. The number of rotatable bonds is 7. The average Bonchev–Trinajstić information content (AvgIpc) is 3.22. The monoisotopic (exact) mass is 366 g/mol. The number of H-pyrrole nitrogens is 1. The molecule has 7 nitrogen and oxygen atoms in total. The van der Waals surface area contributed by atoms with E-state index in [1.807, 2.05) is 48.3 Å². The summed E-state index contributed by atoms with van der Waals surface area (Å²) in [5, 5.41) is 9.64. The van der Waals surface area contributed by atoms with Crippen molar-refractivity contribution in [2.75, 3.05) is 38.0 Å². The van der Waals surface area contributed by atoms with Gasteiger partial charge in [0.1, 0.15) is 11.5 Å². The first-order chi connectivity index (χ1) is 13.1. The molecule has 0 saturated heterocycles. The lowest BCUT2D eigenvalue weighted by Crippen LogP contribution is -2.30. The topological polar surface area (TPSA) is 79.5 Å². The molecule has 0 bridgehead atoms. The molecule has 0 spiro atoms. The van der Waals surface area contributed by atoms with Gasteiger partial charge in [0.05, 0.1) is 27.0 Å². The Morgan fingerprint density at radius 3 is 2.74 bits per heavy atom. The van der Waals surface area contributed by atoms with E-state index in [0.29, 0.717) is 11.4 Å². The summed E-state index contributed by atoms with van der Waals surface area (Å²) in [4.78, 5) is 14.3. The predicted molar refractivity (Wildman–Crippen MR) is 105 cm³/mol. The highest BCUT2D eigenvalue weighted by Crippen LogP contribution is 2.31. The zero-order chi connectivity index (χ0) is 19.2. The van der Waals surface area contributed by atoms with Gasteiger partial charge < -0.3 is 19.7 Å². The number of carbonyl (C=O) groups excluding carboxylic acids is 1. The van der Waals surface area contributed by atoms with Gasteiger partial charge in [-0.1, -0.05) is 6.07 Å². The third kappa shape index (κ3) is 4.38. The fourth-order valence-electron chi connectivity index (χ4n) is 2.76. The molecule has 0 saturated carbocycles. The third-order valence-corrected chi connectivity index (χ3v) is 4.17. The van der Waals surface area contributed by atoms with Gasteiger partial charge in [-0.15, -0.1) is 0 Å². The largest absolute Gasteiger partial charge is 0.497 e. The van der Waals surface area contributed by atoms with E-state index in [2.05, 4.69) is 15.5 Å². The number of aromatic nitrogens is 2. The van der Waals surface area contributed by atoms with Crippen molar-refractivity contribution in [3.63, 3.8) is 0 Å². The lowest BCUT2D eigenvalue weighted by atomic mass is 10.1. The summed E-state index contributed by atoms with van der Waals surface area (Å²) in [7, 11) is 5.07. The number of hydrogen-bond donors (Lipinski definition) is 2. The molecule has 0 aliphatic carbocycles. The molecule has 1 amide bonds. The molecule has 0 aliphatic heterocycles. The zero-order valence-electron chi connectivity index (χ0n) is 15.5. The van der Waals surface area contributed by atoms with Gasteiger partial charge in [0.25, 0.3) is 0 Å². The quantitative estimate of drug-likeness (QED) is 0.671. The summed E-state index contributed by atoms with van der Waals surface area (Å²) in [6, 6.07) is 13.1. The smallest absolute Gasteiger partial charge is 0.243 e. The number of ether oxygens (including phenoxy) is 2. The molecule has 0 aliphatic rings. The lowest BCUT2D eigenvalue weighted by Gasteiger charge is -2.19. The van der Waals surface area contributed by atoms with Gasteiger partial charge in [0.2, 0.25) is 5.91 Å². The first-order valence-electron chi connectivity index (χ1n) is 8.43. The van der Waals surface area contributed by atoms with E-state index < -0.39 is 0 Å². The molecular formula is C20H22N4O3. The molecule has 3 rings (SSSR count). The number of likely N-dealkylation sites (N-methyl/N-ethyl adjacent to an activating group) is 1. The van der Waals surface area contributed by atoms with Crippen molar-refractivity contribution in [3.8, 4) is 22.6 Å². The second kappa shape index (κ2) is 8.27. The summed E-state index contributed by atoms with van der Waals surface area (Å²) >= 11 is 0. The normalized spacial score (nSPS) is 10.3. The van der Waals surface area contributed by atoms with E-state index in [-0.39, 0.29) is 12.5 Å². The SMILES string of the molecule is COc1cccc(N(C)CC(=O)Nc2ccc(-c3cn[nH]c3)c(OC)c2)c1. The van der Waals surface area contributed by atoms with Crippen LogP contribution in [0, 0.1) is 0 Å². The highest BCUT2D eigenvalue weighted by atomic mass is 16.5. The maximum absolute atomic E-state index is 12.4. The van der Waals surface area contributed by atoms with Crippen LogP contribution in [0.25, 0.3) is 11.1 Å². The van der Waals surface area contributed by atoms with Crippen LogP contribution in [0.3, 0.4) is 0 Å². The van der Waals surface area contributed by atoms with Crippen LogP contribution in [0.5, 0.6) is 11.5 Å². The molecule has 0 unspecified atom stereocenters. The molecule has 2 N–H and O–H groups in total. The number of benzene rings is 2. The van der Waals surface area contributed by atoms with Crippen LogP contribution < -0.4 is 19.7 Å². The molecule has 140 valence electrons. The van der Waals surface area contributed by atoms with Crippen LogP contribution in [0.4, 0.5) is 11.4 Å². The van der Waals surface area contributed by atoms with Crippen LogP contribution in [0.15, 0.2) is 54.9 Å². The van der Waals surface area contributed by atoms with Crippen LogP contribution >= 0.6 is 0 Å². The van der Waals surface area contributed by atoms with Crippen LogP contribution in [0.2, 0.25) is 0 Å². The Kier molecular flexibility index (Phi) is 5.61. The highest BCUT2D eigenvalue weighted by Gasteiger charge is 2.12. The summed E-state index contributed by atoms with van der Waals surface area (Å²) in [6.07, 6.45) is 3.51. The van der Waals surface area contributed by atoms with Gasteiger partial charge in [0, 0.05) is 47.9 Å². The Labute approximate surface area is 157 Å². The number of amides is 1.